The molecule has 0 saturated heterocycles. The van der Waals surface area contributed by atoms with Crippen molar-refractivity contribution in [1.29, 1.82) is 0 Å². The van der Waals surface area contributed by atoms with Crippen molar-refractivity contribution in [3.8, 4) is 0 Å². The molecule has 5 nitrogen and oxygen atoms in total. The first-order chi connectivity index (χ1) is 10.0. The molecule has 1 aromatic rings. The van der Waals surface area contributed by atoms with Crippen molar-refractivity contribution in [3.63, 3.8) is 0 Å². The van der Waals surface area contributed by atoms with Crippen molar-refractivity contribution in [3.05, 3.63) is 30.1 Å². The highest BCUT2D eigenvalue weighted by atomic mass is 16.4. The van der Waals surface area contributed by atoms with Crippen molar-refractivity contribution in [1.82, 2.24) is 9.88 Å². The van der Waals surface area contributed by atoms with Crippen LogP contribution in [0.1, 0.15) is 44.1 Å². The zero-order valence-electron chi connectivity index (χ0n) is 12.4. The van der Waals surface area contributed by atoms with Gasteiger partial charge in [0, 0.05) is 32.4 Å². The molecule has 1 N–H and O–H groups in total. The average molecular weight is 290 g/mol. The molecule has 114 valence electrons. The van der Waals surface area contributed by atoms with Gasteiger partial charge in [-0.2, -0.15) is 0 Å². The molecule has 1 aliphatic rings. The number of carboxylic acids is 1. The first-order valence-electron chi connectivity index (χ1n) is 7.35. The van der Waals surface area contributed by atoms with E-state index in [4.69, 9.17) is 5.11 Å². The fourth-order valence-corrected chi connectivity index (χ4v) is 3.17. The number of carboxylic acid groups (broad SMARTS) is 1. The maximum atomic E-state index is 12.4. The Kier molecular flexibility index (Phi) is 4.94. The van der Waals surface area contributed by atoms with Crippen molar-refractivity contribution >= 4 is 11.9 Å². The van der Waals surface area contributed by atoms with Crippen LogP contribution in [-0.4, -0.2) is 33.9 Å². The summed E-state index contributed by atoms with van der Waals surface area (Å²) in [5, 5.41) is 9.09. The lowest BCUT2D eigenvalue weighted by Gasteiger charge is -2.29. The number of amides is 1. The highest BCUT2D eigenvalue weighted by Crippen LogP contribution is 2.44. The first-order valence-corrected chi connectivity index (χ1v) is 7.35. The second-order valence-corrected chi connectivity index (χ2v) is 6.07. The fraction of sp³-hybridized carbons (Fsp3) is 0.562. The molecule has 0 unspecified atom stereocenters. The molecule has 5 heteroatoms. The van der Waals surface area contributed by atoms with Crippen molar-refractivity contribution in [2.75, 3.05) is 7.05 Å². The predicted octanol–water partition coefficient (Wildman–Crippen LogP) is 2.47. The lowest BCUT2D eigenvalue weighted by atomic mass is 9.79. The van der Waals surface area contributed by atoms with Crippen LogP contribution in [0.15, 0.2) is 24.5 Å². The number of carbonyl (C=O) groups is 2. The smallest absolute Gasteiger partial charge is 0.303 e. The van der Waals surface area contributed by atoms with Gasteiger partial charge in [-0.3, -0.25) is 14.6 Å². The Morgan fingerprint density at radius 1 is 1.33 bits per heavy atom. The molecule has 0 spiro atoms. The van der Waals surface area contributed by atoms with E-state index in [9.17, 15) is 9.59 Å². The van der Waals surface area contributed by atoms with Gasteiger partial charge in [-0.05, 0) is 29.9 Å². The van der Waals surface area contributed by atoms with E-state index in [1.807, 2.05) is 12.1 Å². The third-order valence-electron chi connectivity index (χ3n) is 4.28. The molecule has 1 amide bonds. The lowest BCUT2D eigenvalue weighted by molar-refractivity contribution is -0.141. The van der Waals surface area contributed by atoms with Gasteiger partial charge in [-0.25, -0.2) is 0 Å². The highest BCUT2D eigenvalue weighted by molar-refractivity contribution is 5.78. The van der Waals surface area contributed by atoms with E-state index >= 15 is 0 Å². The minimum absolute atomic E-state index is 0.0157. The van der Waals surface area contributed by atoms with E-state index in [1.54, 1.807) is 24.3 Å². The highest BCUT2D eigenvalue weighted by Gasteiger charge is 2.38. The molecule has 1 saturated carbocycles. The Bertz CT molecular complexity index is 496. The van der Waals surface area contributed by atoms with Crippen molar-refractivity contribution in [2.45, 2.75) is 45.1 Å². The molecule has 0 atom stereocenters. The summed E-state index contributed by atoms with van der Waals surface area (Å²) in [5.41, 5.74) is 0.638. The molecule has 0 aliphatic heterocycles. The maximum Gasteiger partial charge on any atom is 0.303 e. The molecular weight excluding hydrogens is 268 g/mol. The number of carbonyl (C=O) groups excluding carboxylic acids is 1. The number of aromatic nitrogens is 1. The topological polar surface area (TPSA) is 70.5 Å². The van der Waals surface area contributed by atoms with Crippen molar-refractivity contribution in [2.24, 2.45) is 5.41 Å². The molecule has 2 rings (SSSR count). The Morgan fingerprint density at radius 3 is 2.62 bits per heavy atom. The van der Waals surface area contributed by atoms with Gasteiger partial charge in [-0.1, -0.05) is 18.9 Å². The summed E-state index contributed by atoms with van der Waals surface area (Å²) in [6.07, 6.45) is 7.59. The Labute approximate surface area is 125 Å². The van der Waals surface area contributed by atoms with Crippen LogP contribution in [-0.2, 0) is 16.1 Å². The standard InChI is InChI=1S/C16H22N2O3/c1-18(12-13-5-4-8-17-11-13)14(19)9-16(10-15(20)21)6-2-3-7-16/h4-5,8,11H,2-3,6-7,9-10,12H2,1H3,(H,20,21). The third kappa shape index (κ3) is 4.28. The summed E-state index contributed by atoms with van der Waals surface area (Å²) in [6.45, 7) is 0.510. The lowest BCUT2D eigenvalue weighted by Crippen LogP contribution is -2.33. The van der Waals surface area contributed by atoms with Gasteiger partial charge in [0.1, 0.15) is 0 Å². The normalized spacial score (nSPS) is 16.6. The molecule has 1 aromatic heterocycles. The van der Waals surface area contributed by atoms with Crippen LogP contribution in [0.4, 0.5) is 0 Å². The quantitative estimate of drug-likeness (QED) is 0.873. The van der Waals surface area contributed by atoms with E-state index in [1.165, 1.54) is 0 Å². The van der Waals surface area contributed by atoms with Gasteiger partial charge < -0.3 is 10.0 Å². The van der Waals surface area contributed by atoms with Crippen LogP contribution in [0, 0.1) is 5.41 Å². The van der Waals surface area contributed by atoms with Gasteiger partial charge in [-0.15, -0.1) is 0 Å². The molecule has 0 radical (unpaired) electrons. The van der Waals surface area contributed by atoms with E-state index in [0.717, 1.165) is 31.2 Å². The minimum Gasteiger partial charge on any atom is -0.481 e. The Hall–Kier alpha value is -1.91. The summed E-state index contributed by atoms with van der Waals surface area (Å²) in [4.78, 5) is 29.2. The number of rotatable bonds is 6. The number of hydrogen-bond acceptors (Lipinski definition) is 3. The monoisotopic (exact) mass is 290 g/mol. The van der Waals surface area contributed by atoms with Gasteiger partial charge in [0.15, 0.2) is 0 Å². The Balaban J connectivity index is 1.97. The second kappa shape index (κ2) is 6.70. The number of aliphatic carboxylic acids is 1. The van der Waals surface area contributed by atoms with Gasteiger partial charge in [0.05, 0.1) is 6.42 Å². The van der Waals surface area contributed by atoms with Gasteiger partial charge in [0.25, 0.3) is 0 Å². The molecule has 1 fully saturated rings. The molecule has 21 heavy (non-hydrogen) atoms. The summed E-state index contributed by atoms with van der Waals surface area (Å²) >= 11 is 0. The maximum absolute atomic E-state index is 12.4. The molecule has 1 aliphatic carbocycles. The second-order valence-electron chi connectivity index (χ2n) is 6.07. The molecule has 1 heterocycles. The molecular formula is C16H22N2O3. The zero-order chi connectivity index (χ0) is 15.3. The van der Waals surface area contributed by atoms with E-state index in [-0.39, 0.29) is 17.7 Å². The van der Waals surface area contributed by atoms with E-state index in [0.29, 0.717) is 13.0 Å². The zero-order valence-corrected chi connectivity index (χ0v) is 12.4. The van der Waals surface area contributed by atoms with Crippen LogP contribution in [0.3, 0.4) is 0 Å². The Morgan fingerprint density at radius 2 is 2.05 bits per heavy atom. The number of nitrogens with zero attached hydrogens (tertiary/aromatic N) is 2. The average Bonchev–Trinajstić information content (AvgIpc) is 2.87. The van der Waals surface area contributed by atoms with Crippen molar-refractivity contribution < 1.29 is 14.7 Å². The van der Waals surface area contributed by atoms with Gasteiger partial charge in [0.2, 0.25) is 5.91 Å². The van der Waals surface area contributed by atoms with E-state index < -0.39 is 5.97 Å². The summed E-state index contributed by atoms with van der Waals surface area (Å²) in [6, 6.07) is 3.77. The number of hydrogen-bond donors (Lipinski definition) is 1. The van der Waals surface area contributed by atoms with Gasteiger partial charge >= 0.3 is 5.97 Å². The molecule has 0 aromatic carbocycles. The largest absolute Gasteiger partial charge is 0.481 e. The fourth-order valence-electron chi connectivity index (χ4n) is 3.17. The summed E-state index contributed by atoms with van der Waals surface area (Å²) < 4.78 is 0. The summed E-state index contributed by atoms with van der Waals surface area (Å²) in [7, 11) is 1.76. The van der Waals surface area contributed by atoms with E-state index in [2.05, 4.69) is 4.98 Å². The van der Waals surface area contributed by atoms with Crippen LogP contribution in [0.25, 0.3) is 0 Å². The summed E-state index contributed by atoms with van der Waals surface area (Å²) in [5.74, 6) is -0.790. The van der Waals surface area contributed by atoms with Crippen LogP contribution in [0.5, 0.6) is 0 Å². The number of pyridine rings is 1. The van der Waals surface area contributed by atoms with Crippen LogP contribution in [0.2, 0.25) is 0 Å². The van der Waals surface area contributed by atoms with Crippen LogP contribution >= 0.6 is 0 Å². The van der Waals surface area contributed by atoms with Crippen LogP contribution < -0.4 is 0 Å². The third-order valence-corrected chi connectivity index (χ3v) is 4.28. The molecule has 0 bridgehead atoms. The SMILES string of the molecule is CN(Cc1cccnc1)C(=O)CC1(CC(=O)O)CCCC1. The minimum atomic E-state index is -0.806. The predicted molar refractivity (Wildman–Crippen MR) is 78.5 cm³/mol. The first kappa shape index (κ1) is 15.5.